The van der Waals surface area contributed by atoms with E-state index < -0.39 is 0 Å². The van der Waals surface area contributed by atoms with Crippen LogP contribution in [0.2, 0.25) is 0 Å². The van der Waals surface area contributed by atoms with Gasteiger partial charge in [0.2, 0.25) is 0 Å². The summed E-state index contributed by atoms with van der Waals surface area (Å²) in [5.74, 6) is 0. The average Bonchev–Trinajstić information content (AvgIpc) is 2.37. The van der Waals surface area contributed by atoms with Crippen molar-refractivity contribution in [3.63, 3.8) is 0 Å². The zero-order valence-corrected chi connectivity index (χ0v) is 12.3. The van der Waals surface area contributed by atoms with Crippen molar-refractivity contribution in [2.75, 3.05) is 0 Å². The van der Waals surface area contributed by atoms with Gasteiger partial charge in [-0.1, -0.05) is 67.6 Å². The normalized spacial score (nSPS) is 10.4. The second-order valence-corrected chi connectivity index (χ2v) is 6.67. The van der Waals surface area contributed by atoms with Crippen LogP contribution < -0.4 is 0 Å². The van der Waals surface area contributed by atoms with E-state index in [0.717, 1.165) is 4.47 Å². The molecule has 0 aromatic heterocycles. The predicted octanol–water partition coefficient (Wildman–Crippen LogP) is 4.92. The highest BCUT2D eigenvalue weighted by Crippen LogP contribution is 2.38. The maximum Gasteiger partial charge on any atom is 0.0716 e. The molecule has 2 rings (SSSR count). The van der Waals surface area contributed by atoms with Gasteiger partial charge >= 0.3 is 0 Å². The number of hydrogen-bond acceptors (Lipinski definition) is 2. The second-order valence-electron chi connectivity index (χ2n) is 3.48. The molecule has 0 aliphatic rings. The Kier molecular flexibility index (Phi) is 5.07. The van der Waals surface area contributed by atoms with Gasteiger partial charge in [0.05, 0.1) is 7.85 Å². The Labute approximate surface area is 120 Å². The number of halogens is 1. The fourth-order valence-corrected chi connectivity index (χ4v) is 3.92. The average molecular weight is 321 g/mol. The van der Waals surface area contributed by atoms with E-state index in [1.54, 1.807) is 21.6 Å². The minimum atomic E-state index is 0.593. The molecule has 2 aromatic rings. The maximum atomic E-state index is 5.62. The molecule has 0 fully saturated rings. The van der Waals surface area contributed by atoms with E-state index in [1.807, 2.05) is 24.3 Å². The van der Waals surface area contributed by atoms with Crippen molar-refractivity contribution in [3.8, 4) is 0 Å². The van der Waals surface area contributed by atoms with E-state index in [1.165, 1.54) is 15.4 Å². The van der Waals surface area contributed by atoms with E-state index in [9.17, 15) is 0 Å². The van der Waals surface area contributed by atoms with Crippen molar-refractivity contribution < 1.29 is 0 Å². The summed E-state index contributed by atoms with van der Waals surface area (Å²) in [5, 5.41) is 0. The molecule has 0 bridgehead atoms. The van der Waals surface area contributed by atoms with Gasteiger partial charge in [0, 0.05) is 14.3 Å². The highest BCUT2D eigenvalue weighted by atomic mass is 79.9. The van der Waals surface area contributed by atoms with Crippen LogP contribution in [0.15, 0.2) is 62.8 Å². The second kappa shape index (κ2) is 6.57. The highest BCUT2D eigenvalue weighted by molar-refractivity contribution is 9.10. The smallest absolute Gasteiger partial charge is 0.0643 e. The van der Waals surface area contributed by atoms with Crippen LogP contribution in [0.1, 0.15) is 5.56 Å². The van der Waals surface area contributed by atoms with Gasteiger partial charge in [-0.3, -0.25) is 0 Å². The molecule has 0 heterocycles. The SMILES string of the molecule is [B]Cc1cccc(SSc2cccc(Br)c2)c1. The quantitative estimate of drug-likeness (QED) is 0.579. The molecule has 0 saturated carbocycles. The van der Waals surface area contributed by atoms with E-state index >= 15 is 0 Å². The summed E-state index contributed by atoms with van der Waals surface area (Å²) in [7, 11) is 9.13. The first-order chi connectivity index (χ1) is 8.28. The molecule has 0 N–H and O–H groups in total. The molecule has 0 nitrogen and oxygen atoms in total. The van der Waals surface area contributed by atoms with Crippen LogP contribution in [0.25, 0.3) is 0 Å². The lowest BCUT2D eigenvalue weighted by Gasteiger charge is -2.03. The third-order valence-corrected chi connectivity index (χ3v) is 5.04. The molecule has 0 unspecified atom stereocenters. The molecule has 84 valence electrons. The fourth-order valence-electron chi connectivity index (χ4n) is 1.34. The van der Waals surface area contributed by atoms with E-state index in [2.05, 4.69) is 40.2 Å². The zero-order valence-electron chi connectivity index (χ0n) is 9.10. The van der Waals surface area contributed by atoms with Gasteiger partial charge in [-0.05, 0) is 30.3 Å². The Bertz CT molecular complexity index is 502. The minimum absolute atomic E-state index is 0.593. The Morgan fingerprint density at radius 1 is 0.941 bits per heavy atom. The van der Waals surface area contributed by atoms with Crippen molar-refractivity contribution in [1.82, 2.24) is 0 Å². The summed E-state index contributed by atoms with van der Waals surface area (Å²) >= 11 is 3.47. The molecular formula is C13H10BBrS2. The van der Waals surface area contributed by atoms with Crippen LogP contribution in [0.3, 0.4) is 0 Å². The molecule has 2 aromatic carbocycles. The van der Waals surface area contributed by atoms with Crippen LogP contribution in [0, 0.1) is 0 Å². The molecule has 17 heavy (non-hydrogen) atoms. The monoisotopic (exact) mass is 320 g/mol. The van der Waals surface area contributed by atoms with Gasteiger partial charge < -0.3 is 0 Å². The molecule has 0 atom stereocenters. The van der Waals surface area contributed by atoms with E-state index in [0.29, 0.717) is 6.32 Å². The third kappa shape index (κ3) is 4.13. The van der Waals surface area contributed by atoms with Crippen LogP contribution in [0.4, 0.5) is 0 Å². The molecule has 0 aliphatic carbocycles. The molecule has 2 radical (unpaired) electrons. The lowest BCUT2D eigenvalue weighted by molar-refractivity contribution is 1.33. The minimum Gasteiger partial charge on any atom is -0.0643 e. The molecule has 0 aliphatic heterocycles. The highest BCUT2D eigenvalue weighted by Gasteiger charge is 1.99. The first-order valence-electron chi connectivity index (χ1n) is 5.17. The largest absolute Gasteiger partial charge is 0.0716 e. The Balaban J connectivity index is 2.02. The summed E-state index contributed by atoms with van der Waals surface area (Å²) in [6.45, 7) is 0. The van der Waals surface area contributed by atoms with Gasteiger partial charge in [0.15, 0.2) is 0 Å². The molecular weight excluding hydrogens is 311 g/mol. The molecule has 0 spiro atoms. The van der Waals surface area contributed by atoms with Crippen molar-refractivity contribution in [1.29, 1.82) is 0 Å². The Morgan fingerprint density at radius 2 is 1.59 bits per heavy atom. The summed E-state index contributed by atoms with van der Waals surface area (Å²) < 4.78 is 1.11. The van der Waals surface area contributed by atoms with Gasteiger partial charge in [-0.15, -0.1) is 0 Å². The topological polar surface area (TPSA) is 0 Å². The fraction of sp³-hybridized carbons (Fsp3) is 0.0769. The first kappa shape index (κ1) is 13.1. The van der Waals surface area contributed by atoms with Crippen molar-refractivity contribution >= 4 is 45.4 Å². The number of hydrogen-bond donors (Lipinski definition) is 0. The number of benzene rings is 2. The van der Waals surface area contributed by atoms with Gasteiger partial charge in [0.1, 0.15) is 0 Å². The molecule has 4 heteroatoms. The van der Waals surface area contributed by atoms with Gasteiger partial charge in [-0.25, -0.2) is 0 Å². The lowest BCUT2D eigenvalue weighted by atomic mass is 9.97. The van der Waals surface area contributed by atoms with Crippen LogP contribution in [0.5, 0.6) is 0 Å². The zero-order chi connectivity index (χ0) is 12.1. The Morgan fingerprint density at radius 3 is 2.24 bits per heavy atom. The van der Waals surface area contributed by atoms with E-state index in [-0.39, 0.29) is 0 Å². The molecule has 0 amide bonds. The first-order valence-corrected chi connectivity index (χ1v) is 8.11. The van der Waals surface area contributed by atoms with Crippen LogP contribution in [-0.4, -0.2) is 7.85 Å². The summed E-state index contributed by atoms with van der Waals surface area (Å²) in [6, 6.07) is 16.6. The van der Waals surface area contributed by atoms with Gasteiger partial charge in [-0.2, -0.15) is 0 Å². The lowest BCUT2D eigenvalue weighted by Crippen LogP contribution is -1.82. The van der Waals surface area contributed by atoms with E-state index in [4.69, 9.17) is 7.85 Å². The van der Waals surface area contributed by atoms with Crippen molar-refractivity contribution in [2.24, 2.45) is 0 Å². The molecule has 0 saturated heterocycles. The van der Waals surface area contributed by atoms with Crippen molar-refractivity contribution in [2.45, 2.75) is 16.1 Å². The summed E-state index contributed by atoms with van der Waals surface area (Å²) in [4.78, 5) is 2.47. The Hall–Kier alpha value is -0.315. The summed E-state index contributed by atoms with van der Waals surface area (Å²) in [6.07, 6.45) is 0.593. The van der Waals surface area contributed by atoms with Crippen LogP contribution in [-0.2, 0) is 6.32 Å². The van der Waals surface area contributed by atoms with Crippen LogP contribution >= 0.6 is 37.5 Å². The maximum absolute atomic E-state index is 5.62. The predicted molar refractivity (Wildman–Crippen MR) is 81.8 cm³/mol. The van der Waals surface area contributed by atoms with Crippen molar-refractivity contribution in [3.05, 3.63) is 58.6 Å². The number of rotatable bonds is 4. The third-order valence-electron chi connectivity index (χ3n) is 2.16. The van der Waals surface area contributed by atoms with Gasteiger partial charge in [0.25, 0.3) is 0 Å². The standard InChI is InChI=1S/C13H10BBrS2/c14-9-10-3-1-5-12(7-10)16-17-13-6-2-4-11(15)8-13/h1-8H,9H2. The summed E-state index contributed by atoms with van der Waals surface area (Å²) in [5.41, 5.74) is 1.17.